The summed E-state index contributed by atoms with van der Waals surface area (Å²) in [5, 5.41) is 0. The molecule has 0 spiro atoms. The average Bonchev–Trinajstić information content (AvgIpc) is 2.88. The smallest absolute Gasteiger partial charge is 0.337 e. The second-order valence-electron chi connectivity index (χ2n) is 6.83. The summed E-state index contributed by atoms with van der Waals surface area (Å²) >= 11 is 0. The maximum atomic E-state index is 13.1. The monoisotopic (exact) mass is 415 g/mol. The van der Waals surface area contributed by atoms with E-state index in [0.29, 0.717) is 17.1 Å². The van der Waals surface area contributed by atoms with Gasteiger partial charge >= 0.3 is 5.97 Å². The molecule has 1 fully saturated rings. The first-order chi connectivity index (χ1) is 13.8. The van der Waals surface area contributed by atoms with E-state index in [1.54, 1.807) is 0 Å². The number of hydrogen-bond acceptors (Lipinski definition) is 6. The van der Waals surface area contributed by atoms with Gasteiger partial charge in [-0.2, -0.15) is 0 Å². The van der Waals surface area contributed by atoms with Crippen molar-refractivity contribution in [3.05, 3.63) is 65.7 Å². The number of carbonyl (C=O) groups excluding carboxylic acids is 3. The Morgan fingerprint density at radius 2 is 1.72 bits per heavy atom. The summed E-state index contributed by atoms with van der Waals surface area (Å²) in [6.45, 7) is -0.481. The van der Waals surface area contributed by atoms with E-state index >= 15 is 0 Å². The predicted molar refractivity (Wildman–Crippen MR) is 105 cm³/mol. The molecule has 152 valence electrons. The number of Topliss-reactive ketones (excluding diaryl/α,β-unsaturated/α-hetero) is 1. The molecule has 2 aromatic rings. The highest BCUT2D eigenvalue weighted by molar-refractivity contribution is 7.89. The highest BCUT2D eigenvalue weighted by atomic mass is 32.2. The second-order valence-corrected chi connectivity index (χ2v) is 8.69. The third-order valence-corrected chi connectivity index (χ3v) is 6.63. The largest absolute Gasteiger partial charge is 0.465 e. The number of ether oxygens (including phenoxy) is 1. The van der Waals surface area contributed by atoms with Crippen LogP contribution in [0.1, 0.15) is 28.8 Å². The summed E-state index contributed by atoms with van der Waals surface area (Å²) in [6.07, 6.45) is 0.816. The third-order valence-electron chi connectivity index (χ3n) is 4.87. The fourth-order valence-electron chi connectivity index (χ4n) is 3.28. The Kier molecular flexibility index (Phi) is 6.12. The summed E-state index contributed by atoms with van der Waals surface area (Å²) in [6, 6.07) is 14.4. The van der Waals surface area contributed by atoms with Crippen molar-refractivity contribution in [1.29, 1.82) is 0 Å². The Labute approximate surface area is 169 Å². The highest BCUT2D eigenvalue weighted by Gasteiger charge is 2.38. The van der Waals surface area contributed by atoms with Gasteiger partial charge in [-0.05, 0) is 42.7 Å². The first kappa shape index (κ1) is 20.7. The average molecular weight is 415 g/mol. The molecule has 3 rings (SSSR count). The number of carbonyl (C=O) groups is 3. The lowest BCUT2D eigenvalue weighted by atomic mass is 9.94. The van der Waals surface area contributed by atoms with Gasteiger partial charge in [-0.3, -0.25) is 9.59 Å². The van der Waals surface area contributed by atoms with Gasteiger partial charge in [0.1, 0.15) is 0 Å². The van der Waals surface area contributed by atoms with E-state index in [-0.39, 0.29) is 22.7 Å². The van der Waals surface area contributed by atoms with E-state index in [4.69, 9.17) is 0 Å². The van der Waals surface area contributed by atoms with Gasteiger partial charge < -0.3 is 4.74 Å². The second kappa shape index (κ2) is 8.57. The lowest BCUT2D eigenvalue weighted by molar-refractivity contribution is -0.131. The van der Waals surface area contributed by atoms with Gasteiger partial charge in [0, 0.05) is 12.3 Å². The van der Waals surface area contributed by atoms with Crippen molar-refractivity contribution in [2.75, 3.05) is 13.7 Å². The molecule has 2 aromatic carbocycles. The van der Waals surface area contributed by atoms with Crippen LogP contribution in [0, 0.1) is 5.92 Å². The predicted octanol–water partition coefficient (Wildman–Crippen LogP) is 2.21. The summed E-state index contributed by atoms with van der Waals surface area (Å²) in [4.78, 5) is 36.6. The quantitative estimate of drug-likeness (QED) is 0.695. The molecule has 0 N–H and O–H groups in total. The third kappa shape index (κ3) is 4.54. The van der Waals surface area contributed by atoms with Gasteiger partial charge in [-0.1, -0.05) is 30.3 Å². The molecular weight excluding hydrogens is 394 g/mol. The van der Waals surface area contributed by atoms with Gasteiger partial charge in [-0.15, -0.1) is 0 Å². The van der Waals surface area contributed by atoms with Crippen molar-refractivity contribution in [2.24, 2.45) is 5.92 Å². The zero-order valence-electron chi connectivity index (χ0n) is 15.9. The van der Waals surface area contributed by atoms with Crippen molar-refractivity contribution in [3.63, 3.8) is 0 Å². The summed E-state index contributed by atoms with van der Waals surface area (Å²) in [5.41, 5.74) is 1.09. The lowest BCUT2D eigenvalue weighted by Gasteiger charge is -2.23. The Bertz CT molecular complexity index is 1010. The van der Waals surface area contributed by atoms with E-state index in [9.17, 15) is 22.8 Å². The van der Waals surface area contributed by atoms with Crippen molar-refractivity contribution in [1.82, 2.24) is 4.31 Å². The molecule has 0 radical (unpaired) electrons. The van der Waals surface area contributed by atoms with E-state index in [1.165, 1.54) is 31.4 Å². The summed E-state index contributed by atoms with van der Waals surface area (Å²) in [7, 11) is -3.01. The van der Waals surface area contributed by atoms with Crippen LogP contribution in [0.2, 0.25) is 0 Å². The lowest BCUT2D eigenvalue weighted by Crippen LogP contribution is -2.42. The Morgan fingerprint density at radius 3 is 2.34 bits per heavy atom. The van der Waals surface area contributed by atoms with E-state index in [1.807, 2.05) is 30.3 Å². The number of amides is 1. The number of rotatable bonds is 5. The molecule has 1 amide bonds. The van der Waals surface area contributed by atoms with Crippen LogP contribution in [-0.4, -0.2) is 44.0 Å². The van der Waals surface area contributed by atoms with Gasteiger partial charge in [-0.25, -0.2) is 17.5 Å². The zero-order valence-corrected chi connectivity index (χ0v) is 16.7. The fraction of sp³-hybridized carbons (Fsp3) is 0.286. The molecule has 1 atom stereocenters. The molecule has 0 aliphatic carbocycles. The molecule has 1 saturated heterocycles. The minimum absolute atomic E-state index is 0.149. The molecule has 7 nitrogen and oxygen atoms in total. The number of sulfonamides is 1. The Balaban J connectivity index is 1.90. The number of hydrogen-bond donors (Lipinski definition) is 0. The van der Waals surface area contributed by atoms with Gasteiger partial charge in [0.25, 0.3) is 10.0 Å². The van der Waals surface area contributed by atoms with Gasteiger partial charge in [0.15, 0.2) is 5.78 Å². The minimum atomic E-state index is -4.23. The van der Waals surface area contributed by atoms with Crippen LogP contribution in [0.25, 0.3) is 0 Å². The van der Waals surface area contributed by atoms with Gasteiger partial charge in [0.2, 0.25) is 5.91 Å². The topological polar surface area (TPSA) is 97.8 Å². The standard InChI is InChI=1S/C21H21NO6S/c1-28-21(25)16-8-11-19(12-9-16)29(26,27)22-14-18(23)10-7-17(20(22)24)13-15-5-3-2-4-6-15/h2-6,8-9,11-12,17H,7,10,13-14H2,1H3. The normalized spacial score (nSPS) is 17.7. The zero-order chi connectivity index (χ0) is 21.0. The number of ketones is 1. The first-order valence-corrected chi connectivity index (χ1v) is 10.6. The van der Waals surface area contributed by atoms with E-state index < -0.39 is 34.4 Å². The maximum Gasteiger partial charge on any atom is 0.337 e. The number of methoxy groups -OCH3 is 1. The molecule has 1 unspecified atom stereocenters. The minimum Gasteiger partial charge on any atom is -0.465 e. The van der Waals surface area contributed by atoms with Crippen molar-refractivity contribution < 1.29 is 27.5 Å². The van der Waals surface area contributed by atoms with Crippen LogP contribution in [0.4, 0.5) is 0 Å². The Morgan fingerprint density at radius 1 is 1.07 bits per heavy atom. The van der Waals surface area contributed by atoms with Crippen molar-refractivity contribution >= 4 is 27.7 Å². The summed E-state index contributed by atoms with van der Waals surface area (Å²) < 4.78 is 31.4. The molecule has 1 aliphatic rings. The molecule has 0 saturated carbocycles. The van der Waals surface area contributed by atoms with Crippen LogP contribution >= 0.6 is 0 Å². The maximum absolute atomic E-state index is 13.1. The molecule has 8 heteroatoms. The SMILES string of the molecule is COC(=O)c1ccc(S(=O)(=O)N2CC(=O)CCC(Cc3ccccc3)C2=O)cc1. The molecular formula is C21H21NO6S. The highest BCUT2D eigenvalue weighted by Crippen LogP contribution is 2.26. The molecule has 0 bridgehead atoms. The number of esters is 1. The van der Waals surface area contributed by atoms with Gasteiger partial charge in [0.05, 0.1) is 24.1 Å². The van der Waals surface area contributed by atoms with Crippen LogP contribution in [0.5, 0.6) is 0 Å². The van der Waals surface area contributed by atoms with E-state index in [0.717, 1.165) is 5.56 Å². The van der Waals surface area contributed by atoms with Crippen LogP contribution < -0.4 is 0 Å². The van der Waals surface area contributed by atoms with Crippen LogP contribution in [-0.2, 0) is 30.8 Å². The molecule has 1 heterocycles. The fourth-order valence-corrected chi connectivity index (χ4v) is 4.71. The van der Waals surface area contributed by atoms with Crippen LogP contribution in [0.15, 0.2) is 59.5 Å². The molecule has 1 aliphatic heterocycles. The number of benzene rings is 2. The van der Waals surface area contributed by atoms with Crippen LogP contribution in [0.3, 0.4) is 0 Å². The van der Waals surface area contributed by atoms with E-state index in [2.05, 4.69) is 4.74 Å². The summed E-state index contributed by atoms with van der Waals surface area (Å²) in [5.74, 6) is -2.09. The van der Waals surface area contributed by atoms with Crippen molar-refractivity contribution in [3.8, 4) is 0 Å². The molecule has 29 heavy (non-hydrogen) atoms. The molecule has 0 aromatic heterocycles. The Hall–Kier alpha value is -3.00. The first-order valence-electron chi connectivity index (χ1n) is 9.13. The number of nitrogens with zero attached hydrogens (tertiary/aromatic N) is 1. The van der Waals surface area contributed by atoms with Crippen molar-refractivity contribution in [2.45, 2.75) is 24.2 Å².